The third-order valence-corrected chi connectivity index (χ3v) is 4.88. The summed E-state index contributed by atoms with van der Waals surface area (Å²) in [5, 5.41) is 7.76. The van der Waals surface area contributed by atoms with Gasteiger partial charge in [-0.3, -0.25) is 4.68 Å². The number of guanidine groups is 1. The summed E-state index contributed by atoms with van der Waals surface area (Å²) in [5.41, 5.74) is 3.77. The zero-order valence-electron chi connectivity index (χ0n) is 16.7. The first-order valence-corrected chi connectivity index (χ1v) is 9.35. The summed E-state index contributed by atoms with van der Waals surface area (Å²) in [6, 6.07) is 8.60. The van der Waals surface area contributed by atoms with Crippen LogP contribution in [0.5, 0.6) is 0 Å². The van der Waals surface area contributed by atoms with Gasteiger partial charge in [-0.05, 0) is 36.6 Å². The lowest BCUT2D eigenvalue weighted by Crippen LogP contribution is -2.40. The van der Waals surface area contributed by atoms with Crippen LogP contribution in [0.4, 0.5) is 5.69 Å². The maximum atomic E-state index is 4.87. The number of aryl methyl sites for hydroxylation is 1. The van der Waals surface area contributed by atoms with Crippen molar-refractivity contribution < 1.29 is 0 Å². The minimum Gasteiger partial charge on any atom is -0.378 e. The van der Waals surface area contributed by atoms with Crippen molar-refractivity contribution in [1.29, 1.82) is 0 Å². The van der Waals surface area contributed by atoms with Gasteiger partial charge in [0.25, 0.3) is 0 Å². The van der Waals surface area contributed by atoms with Gasteiger partial charge >= 0.3 is 0 Å². The normalized spacial score (nSPS) is 17.0. The molecule has 1 aromatic heterocycles. The SMILES string of the molecule is CCNC(=NCc1ccc(N(C)C)cc1)N1CCC(c2cnn(C)c2)C1.I. The molecular formula is C20H31IN6. The molecule has 0 spiro atoms. The van der Waals surface area contributed by atoms with Gasteiger partial charge in [0.2, 0.25) is 0 Å². The van der Waals surface area contributed by atoms with E-state index in [0.29, 0.717) is 12.5 Å². The second-order valence-electron chi connectivity index (χ2n) is 7.11. The van der Waals surface area contributed by atoms with Gasteiger partial charge in [-0.2, -0.15) is 5.10 Å². The highest BCUT2D eigenvalue weighted by Crippen LogP contribution is 2.26. The fourth-order valence-corrected chi connectivity index (χ4v) is 3.37. The van der Waals surface area contributed by atoms with Gasteiger partial charge < -0.3 is 15.1 Å². The molecule has 0 aliphatic carbocycles. The predicted octanol–water partition coefficient (Wildman–Crippen LogP) is 3.06. The van der Waals surface area contributed by atoms with E-state index in [-0.39, 0.29) is 24.0 Å². The number of halogens is 1. The Balaban J connectivity index is 0.00000261. The summed E-state index contributed by atoms with van der Waals surface area (Å²) >= 11 is 0. The fraction of sp³-hybridized carbons (Fsp3) is 0.500. The molecule has 1 N–H and O–H groups in total. The number of hydrogen-bond acceptors (Lipinski definition) is 3. The van der Waals surface area contributed by atoms with Crippen molar-refractivity contribution >= 4 is 35.6 Å². The molecule has 0 bridgehead atoms. The van der Waals surface area contributed by atoms with Gasteiger partial charge in [0.15, 0.2) is 5.96 Å². The number of aromatic nitrogens is 2. The number of benzene rings is 1. The van der Waals surface area contributed by atoms with Crippen LogP contribution in [-0.2, 0) is 13.6 Å². The molecule has 1 atom stereocenters. The van der Waals surface area contributed by atoms with Crippen LogP contribution in [0.3, 0.4) is 0 Å². The molecule has 6 nitrogen and oxygen atoms in total. The number of nitrogens with zero attached hydrogens (tertiary/aromatic N) is 5. The molecule has 2 heterocycles. The number of rotatable bonds is 5. The van der Waals surface area contributed by atoms with Gasteiger partial charge in [-0.25, -0.2) is 4.99 Å². The highest BCUT2D eigenvalue weighted by atomic mass is 127. The molecule has 1 aliphatic heterocycles. The number of anilines is 1. The highest BCUT2D eigenvalue weighted by Gasteiger charge is 2.26. The van der Waals surface area contributed by atoms with E-state index in [1.54, 1.807) is 0 Å². The molecule has 7 heteroatoms. The van der Waals surface area contributed by atoms with Gasteiger partial charge in [0.05, 0.1) is 12.7 Å². The molecule has 0 radical (unpaired) electrons. The molecule has 1 fully saturated rings. The summed E-state index contributed by atoms with van der Waals surface area (Å²) in [4.78, 5) is 9.35. The lowest BCUT2D eigenvalue weighted by atomic mass is 10.0. The molecule has 27 heavy (non-hydrogen) atoms. The van der Waals surface area contributed by atoms with Crippen LogP contribution in [0, 0.1) is 0 Å². The Morgan fingerprint density at radius 1 is 1.30 bits per heavy atom. The molecule has 2 aromatic rings. The van der Waals surface area contributed by atoms with Gasteiger partial charge in [-0.1, -0.05) is 12.1 Å². The average molecular weight is 482 g/mol. The zero-order chi connectivity index (χ0) is 18.5. The second-order valence-corrected chi connectivity index (χ2v) is 7.11. The molecule has 0 saturated carbocycles. The Hall–Kier alpha value is -1.77. The van der Waals surface area contributed by atoms with E-state index in [4.69, 9.17) is 4.99 Å². The highest BCUT2D eigenvalue weighted by molar-refractivity contribution is 14.0. The third kappa shape index (κ3) is 5.60. The van der Waals surface area contributed by atoms with Crippen LogP contribution in [0.2, 0.25) is 0 Å². The Labute approximate surface area is 179 Å². The van der Waals surface area contributed by atoms with Crippen molar-refractivity contribution in [2.45, 2.75) is 25.8 Å². The van der Waals surface area contributed by atoms with E-state index in [2.05, 4.69) is 71.7 Å². The minimum absolute atomic E-state index is 0. The van der Waals surface area contributed by atoms with Crippen LogP contribution in [-0.4, -0.2) is 54.4 Å². The van der Waals surface area contributed by atoms with Crippen molar-refractivity contribution in [3.05, 3.63) is 47.8 Å². The molecule has 1 aliphatic rings. The lowest BCUT2D eigenvalue weighted by molar-refractivity contribution is 0.486. The maximum absolute atomic E-state index is 4.87. The molecular weight excluding hydrogens is 451 g/mol. The van der Waals surface area contributed by atoms with Crippen LogP contribution < -0.4 is 10.2 Å². The number of aliphatic imine (C=N–C) groups is 1. The summed E-state index contributed by atoms with van der Waals surface area (Å²) in [7, 11) is 6.09. The zero-order valence-corrected chi connectivity index (χ0v) is 19.1. The average Bonchev–Trinajstić information content (AvgIpc) is 3.28. The fourth-order valence-electron chi connectivity index (χ4n) is 3.37. The van der Waals surface area contributed by atoms with Crippen LogP contribution >= 0.6 is 24.0 Å². The van der Waals surface area contributed by atoms with E-state index in [1.165, 1.54) is 16.8 Å². The maximum Gasteiger partial charge on any atom is 0.194 e. The van der Waals surface area contributed by atoms with Crippen molar-refractivity contribution in [2.75, 3.05) is 38.6 Å². The molecule has 148 valence electrons. The first-order chi connectivity index (χ1) is 12.6. The molecule has 1 saturated heterocycles. The first-order valence-electron chi connectivity index (χ1n) is 9.35. The first kappa shape index (κ1) is 21.5. The molecule has 1 aromatic carbocycles. The van der Waals surface area contributed by atoms with E-state index in [9.17, 15) is 0 Å². The molecule has 1 unspecified atom stereocenters. The van der Waals surface area contributed by atoms with Crippen LogP contribution in [0.15, 0.2) is 41.7 Å². The van der Waals surface area contributed by atoms with Gasteiger partial charge in [0, 0.05) is 58.6 Å². The Kier molecular flexibility index (Phi) is 7.94. The Bertz CT molecular complexity index is 737. The van der Waals surface area contributed by atoms with Crippen molar-refractivity contribution in [2.24, 2.45) is 12.0 Å². The topological polar surface area (TPSA) is 48.7 Å². The summed E-state index contributed by atoms with van der Waals surface area (Å²) in [5.74, 6) is 1.54. The smallest absolute Gasteiger partial charge is 0.194 e. The van der Waals surface area contributed by atoms with Crippen molar-refractivity contribution in [1.82, 2.24) is 20.0 Å². The molecule has 3 rings (SSSR count). The second kappa shape index (κ2) is 9.96. The third-order valence-electron chi connectivity index (χ3n) is 4.88. The summed E-state index contributed by atoms with van der Waals surface area (Å²) < 4.78 is 1.88. The molecule has 0 amide bonds. The monoisotopic (exact) mass is 482 g/mol. The van der Waals surface area contributed by atoms with E-state index in [0.717, 1.165) is 32.0 Å². The standard InChI is InChI=1S/C20H30N6.HI/c1-5-21-20(22-12-16-6-8-19(9-7-16)24(2)3)26-11-10-17(15-26)18-13-23-25(4)14-18;/h6-9,13-14,17H,5,10-12,15H2,1-4H3,(H,21,22);1H. The predicted molar refractivity (Wildman–Crippen MR) is 123 cm³/mol. The van der Waals surface area contributed by atoms with E-state index < -0.39 is 0 Å². The number of likely N-dealkylation sites (tertiary alicyclic amines) is 1. The Morgan fingerprint density at radius 2 is 2.04 bits per heavy atom. The minimum atomic E-state index is 0. The number of hydrogen-bond donors (Lipinski definition) is 1. The van der Waals surface area contributed by atoms with Crippen LogP contribution in [0.25, 0.3) is 0 Å². The van der Waals surface area contributed by atoms with Gasteiger partial charge in [0.1, 0.15) is 0 Å². The largest absolute Gasteiger partial charge is 0.378 e. The van der Waals surface area contributed by atoms with Crippen molar-refractivity contribution in [3.63, 3.8) is 0 Å². The van der Waals surface area contributed by atoms with E-state index in [1.807, 2.05) is 17.9 Å². The van der Waals surface area contributed by atoms with E-state index >= 15 is 0 Å². The Morgan fingerprint density at radius 3 is 2.63 bits per heavy atom. The van der Waals surface area contributed by atoms with Crippen molar-refractivity contribution in [3.8, 4) is 0 Å². The lowest BCUT2D eigenvalue weighted by Gasteiger charge is -2.21. The quantitative estimate of drug-likeness (QED) is 0.405. The number of nitrogens with one attached hydrogen (secondary N) is 1. The van der Waals surface area contributed by atoms with Gasteiger partial charge in [-0.15, -0.1) is 24.0 Å². The van der Waals surface area contributed by atoms with Crippen LogP contribution in [0.1, 0.15) is 30.4 Å². The summed E-state index contributed by atoms with van der Waals surface area (Å²) in [6.45, 7) is 5.73. The summed E-state index contributed by atoms with van der Waals surface area (Å²) in [6.07, 6.45) is 5.27.